The Hall–Kier alpha value is -1.56. The summed E-state index contributed by atoms with van der Waals surface area (Å²) in [5.74, 6) is 0.548. The fraction of sp³-hybridized carbons (Fsp3) is 0.429. The third-order valence-electron chi connectivity index (χ3n) is 3.43. The third-order valence-corrected chi connectivity index (χ3v) is 4.05. The van der Waals surface area contributed by atoms with Crippen molar-refractivity contribution in [3.63, 3.8) is 0 Å². The summed E-state index contributed by atoms with van der Waals surface area (Å²) in [6.07, 6.45) is 0. The van der Waals surface area contributed by atoms with E-state index >= 15 is 0 Å². The Morgan fingerprint density at radius 2 is 2.05 bits per heavy atom. The molecule has 2 unspecified atom stereocenters. The van der Waals surface area contributed by atoms with Crippen LogP contribution in [0.15, 0.2) is 22.7 Å². The number of carbonyl (C=O) groups excluding carboxylic acids is 2. The molecular formula is C14H17BrN2O3. The maximum Gasteiger partial charge on any atom is 0.245 e. The molecule has 5 nitrogen and oxygen atoms in total. The molecule has 1 fully saturated rings. The number of ether oxygens (including phenoxy) is 1. The predicted molar refractivity (Wildman–Crippen MR) is 78.3 cm³/mol. The van der Waals surface area contributed by atoms with Gasteiger partial charge in [-0.05, 0) is 47.5 Å². The molecule has 1 aliphatic heterocycles. The molecule has 0 aromatic heterocycles. The van der Waals surface area contributed by atoms with E-state index in [4.69, 9.17) is 4.74 Å². The summed E-state index contributed by atoms with van der Waals surface area (Å²) in [5.41, 5.74) is 0.944. The number of amides is 2. The van der Waals surface area contributed by atoms with E-state index in [0.29, 0.717) is 6.54 Å². The van der Waals surface area contributed by atoms with Gasteiger partial charge in [-0.15, -0.1) is 0 Å². The first-order chi connectivity index (χ1) is 9.43. The summed E-state index contributed by atoms with van der Waals surface area (Å²) in [5, 5.41) is 2.66. The highest BCUT2D eigenvalue weighted by Crippen LogP contribution is 2.26. The standard InChI is InChI=1S/C14H17BrN2O3/c1-8-14(19)17(9(2)13(18)16-8)7-10-4-5-12(20-3)11(15)6-10/h4-6,8-9H,7H2,1-3H3,(H,16,18). The lowest BCUT2D eigenvalue weighted by Gasteiger charge is -2.36. The molecule has 0 radical (unpaired) electrons. The Kier molecular flexibility index (Phi) is 4.32. The zero-order valence-electron chi connectivity index (χ0n) is 11.6. The average Bonchev–Trinajstić information content (AvgIpc) is 2.41. The average molecular weight is 341 g/mol. The van der Waals surface area contributed by atoms with Crippen molar-refractivity contribution in [1.82, 2.24) is 10.2 Å². The molecule has 2 rings (SSSR count). The zero-order valence-corrected chi connectivity index (χ0v) is 13.2. The van der Waals surface area contributed by atoms with Gasteiger partial charge in [-0.3, -0.25) is 9.59 Å². The number of carbonyl (C=O) groups is 2. The van der Waals surface area contributed by atoms with Gasteiger partial charge in [0.15, 0.2) is 0 Å². The molecule has 1 heterocycles. The van der Waals surface area contributed by atoms with Gasteiger partial charge in [0.05, 0.1) is 11.6 Å². The summed E-state index contributed by atoms with van der Waals surface area (Å²) in [4.78, 5) is 25.5. The quantitative estimate of drug-likeness (QED) is 0.910. The highest BCUT2D eigenvalue weighted by Gasteiger charge is 2.35. The van der Waals surface area contributed by atoms with E-state index in [0.717, 1.165) is 15.8 Å². The van der Waals surface area contributed by atoms with Gasteiger partial charge in [0.25, 0.3) is 0 Å². The first kappa shape index (κ1) is 14.8. The number of rotatable bonds is 3. The van der Waals surface area contributed by atoms with Gasteiger partial charge >= 0.3 is 0 Å². The second kappa shape index (κ2) is 5.83. The maximum atomic E-state index is 12.2. The molecule has 2 atom stereocenters. The molecule has 1 aromatic rings. The molecule has 1 aromatic carbocycles. The predicted octanol–water partition coefficient (Wildman–Crippen LogP) is 1.69. The van der Waals surface area contributed by atoms with Crippen LogP contribution in [-0.2, 0) is 16.1 Å². The second-order valence-corrected chi connectivity index (χ2v) is 5.70. The van der Waals surface area contributed by atoms with Gasteiger partial charge in [0.2, 0.25) is 11.8 Å². The Labute approximate surface area is 126 Å². The Balaban J connectivity index is 2.21. The minimum atomic E-state index is -0.472. The Morgan fingerprint density at radius 3 is 2.65 bits per heavy atom. The number of hydrogen-bond donors (Lipinski definition) is 1. The lowest BCUT2D eigenvalue weighted by Crippen LogP contribution is -2.60. The topological polar surface area (TPSA) is 58.6 Å². The van der Waals surface area contributed by atoms with Crippen molar-refractivity contribution in [2.24, 2.45) is 0 Å². The number of nitrogens with one attached hydrogen (secondary N) is 1. The molecule has 0 saturated carbocycles. The van der Waals surface area contributed by atoms with Crippen LogP contribution in [0.25, 0.3) is 0 Å². The van der Waals surface area contributed by atoms with E-state index in [1.165, 1.54) is 0 Å². The van der Waals surface area contributed by atoms with E-state index in [1.54, 1.807) is 25.9 Å². The maximum absolute atomic E-state index is 12.2. The van der Waals surface area contributed by atoms with Gasteiger partial charge in [-0.25, -0.2) is 0 Å². The Bertz CT molecular complexity index is 547. The molecule has 20 heavy (non-hydrogen) atoms. The van der Waals surface area contributed by atoms with Crippen molar-refractivity contribution in [2.75, 3.05) is 7.11 Å². The van der Waals surface area contributed by atoms with E-state index in [9.17, 15) is 9.59 Å². The molecule has 2 amide bonds. The van der Waals surface area contributed by atoms with E-state index < -0.39 is 12.1 Å². The number of halogens is 1. The highest BCUT2D eigenvalue weighted by molar-refractivity contribution is 9.10. The minimum Gasteiger partial charge on any atom is -0.496 e. The number of methoxy groups -OCH3 is 1. The molecule has 0 spiro atoms. The zero-order chi connectivity index (χ0) is 14.9. The van der Waals surface area contributed by atoms with Crippen molar-refractivity contribution in [3.8, 4) is 5.75 Å². The van der Waals surface area contributed by atoms with Gasteiger partial charge < -0.3 is 15.0 Å². The molecular weight excluding hydrogens is 324 g/mol. The number of piperazine rings is 1. The van der Waals surface area contributed by atoms with E-state index in [1.807, 2.05) is 18.2 Å². The van der Waals surface area contributed by atoms with Crippen LogP contribution in [0.3, 0.4) is 0 Å². The molecule has 108 valence electrons. The number of benzene rings is 1. The van der Waals surface area contributed by atoms with E-state index in [-0.39, 0.29) is 11.8 Å². The molecule has 6 heteroatoms. The van der Waals surface area contributed by atoms with Gasteiger partial charge in [-0.1, -0.05) is 6.07 Å². The molecule has 0 aliphatic carbocycles. The number of hydrogen-bond acceptors (Lipinski definition) is 3. The normalized spacial score (nSPS) is 22.7. The summed E-state index contributed by atoms with van der Waals surface area (Å²) >= 11 is 3.42. The second-order valence-electron chi connectivity index (χ2n) is 4.84. The van der Waals surface area contributed by atoms with Crippen LogP contribution in [0.4, 0.5) is 0 Å². The van der Waals surface area contributed by atoms with Crippen molar-refractivity contribution < 1.29 is 14.3 Å². The van der Waals surface area contributed by atoms with Crippen LogP contribution in [0, 0.1) is 0 Å². The van der Waals surface area contributed by atoms with Crippen LogP contribution in [-0.4, -0.2) is 35.9 Å². The van der Waals surface area contributed by atoms with Crippen molar-refractivity contribution in [3.05, 3.63) is 28.2 Å². The largest absolute Gasteiger partial charge is 0.496 e. The smallest absolute Gasteiger partial charge is 0.245 e. The third kappa shape index (κ3) is 2.80. The first-order valence-electron chi connectivity index (χ1n) is 6.37. The van der Waals surface area contributed by atoms with Crippen molar-refractivity contribution >= 4 is 27.7 Å². The highest BCUT2D eigenvalue weighted by atomic mass is 79.9. The first-order valence-corrected chi connectivity index (χ1v) is 7.16. The fourth-order valence-electron chi connectivity index (χ4n) is 2.20. The minimum absolute atomic E-state index is 0.0657. The molecule has 1 saturated heterocycles. The summed E-state index contributed by atoms with van der Waals surface area (Å²) in [7, 11) is 1.60. The van der Waals surface area contributed by atoms with Crippen molar-refractivity contribution in [1.29, 1.82) is 0 Å². The SMILES string of the molecule is COc1ccc(CN2C(=O)C(C)NC(=O)C2C)cc1Br. The summed E-state index contributed by atoms with van der Waals surface area (Å²) in [6, 6.07) is 4.69. The lowest BCUT2D eigenvalue weighted by molar-refractivity contribution is -0.148. The Morgan fingerprint density at radius 1 is 1.35 bits per heavy atom. The van der Waals surface area contributed by atoms with Gasteiger partial charge in [-0.2, -0.15) is 0 Å². The molecule has 0 bridgehead atoms. The number of nitrogens with zero attached hydrogens (tertiary/aromatic N) is 1. The monoisotopic (exact) mass is 340 g/mol. The van der Waals surface area contributed by atoms with Crippen LogP contribution in [0.5, 0.6) is 5.75 Å². The van der Waals surface area contributed by atoms with Gasteiger partial charge in [0, 0.05) is 6.54 Å². The fourth-order valence-corrected chi connectivity index (χ4v) is 2.78. The van der Waals surface area contributed by atoms with E-state index in [2.05, 4.69) is 21.2 Å². The van der Waals surface area contributed by atoms with Crippen molar-refractivity contribution in [2.45, 2.75) is 32.5 Å². The summed E-state index contributed by atoms with van der Waals surface area (Å²) < 4.78 is 6.00. The molecule has 1 N–H and O–H groups in total. The lowest BCUT2D eigenvalue weighted by atomic mass is 10.1. The van der Waals surface area contributed by atoms with Crippen LogP contribution in [0.2, 0.25) is 0 Å². The van der Waals surface area contributed by atoms with Gasteiger partial charge in [0.1, 0.15) is 17.8 Å². The van der Waals surface area contributed by atoms with Crippen LogP contribution >= 0.6 is 15.9 Å². The molecule has 1 aliphatic rings. The van der Waals surface area contributed by atoms with Crippen LogP contribution in [0.1, 0.15) is 19.4 Å². The van der Waals surface area contributed by atoms with Crippen LogP contribution < -0.4 is 10.1 Å². The summed E-state index contributed by atoms with van der Waals surface area (Å²) in [6.45, 7) is 3.83.